The quantitative estimate of drug-likeness (QED) is 0.894. The molecule has 1 saturated heterocycles. The minimum Gasteiger partial charge on any atom is -0.478 e. The van der Waals surface area contributed by atoms with Gasteiger partial charge in [0.2, 0.25) is 5.91 Å². The van der Waals surface area contributed by atoms with Crippen molar-refractivity contribution < 1.29 is 14.7 Å². The number of carbonyl (C=O) groups is 2. The van der Waals surface area contributed by atoms with E-state index in [0.717, 1.165) is 17.9 Å². The molecule has 1 aliphatic heterocycles. The first-order valence-corrected chi connectivity index (χ1v) is 7.45. The van der Waals surface area contributed by atoms with Crippen molar-refractivity contribution >= 4 is 45.3 Å². The van der Waals surface area contributed by atoms with Crippen LogP contribution in [-0.4, -0.2) is 28.5 Å². The van der Waals surface area contributed by atoms with Crippen molar-refractivity contribution in [3.63, 3.8) is 0 Å². The summed E-state index contributed by atoms with van der Waals surface area (Å²) in [5, 5.41) is 11.8. The largest absolute Gasteiger partial charge is 0.478 e. The van der Waals surface area contributed by atoms with Crippen molar-refractivity contribution in [3.05, 3.63) is 28.2 Å². The first-order chi connectivity index (χ1) is 8.59. The Labute approximate surface area is 117 Å². The van der Waals surface area contributed by atoms with Crippen molar-refractivity contribution in [2.75, 3.05) is 16.8 Å². The van der Waals surface area contributed by atoms with E-state index in [1.54, 1.807) is 23.9 Å². The fourth-order valence-corrected chi connectivity index (χ4v) is 3.48. The summed E-state index contributed by atoms with van der Waals surface area (Å²) < 4.78 is 0.585. The van der Waals surface area contributed by atoms with Crippen LogP contribution in [0.4, 0.5) is 5.69 Å². The lowest BCUT2D eigenvalue weighted by Crippen LogP contribution is -2.23. The Bertz CT molecular complexity index is 486. The van der Waals surface area contributed by atoms with E-state index in [-0.39, 0.29) is 17.4 Å². The van der Waals surface area contributed by atoms with Crippen LogP contribution in [0.25, 0.3) is 0 Å². The molecule has 2 N–H and O–H groups in total. The molecule has 4 nitrogen and oxygen atoms in total. The zero-order valence-corrected chi connectivity index (χ0v) is 11.9. The molecule has 1 unspecified atom stereocenters. The number of nitrogens with one attached hydrogen (secondary N) is 1. The Morgan fingerprint density at radius 1 is 1.44 bits per heavy atom. The molecule has 1 amide bonds. The first kappa shape index (κ1) is 13.4. The van der Waals surface area contributed by atoms with E-state index in [9.17, 15) is 9.59 Å². The van der Waals surface area contributed by atoms with Crippen LogP contribution in [0, 0.1) is 5.92 Å². The molecule has 0 aliphatic carbocycles. The van der Waals surface area contributed by atoms with Gasteiger partial charge in [0.15, 0.2) is 0 Å². The molecule has 18 heavy (non-hydrogen) atoms. The van der Waals surface area contributed by atoms with Crippen LogP contribution in [0.5, 0.6) is 0 Å². The van der Waals surface area contributed by atoms with Crippen LogP contribution in [0.2, 0.25) is 0 Å². The molecule has 1 heterocycles. The van der Waals surface area contributed by atoms with Gasteiger partial charge >= 0.3 is 5.97 Å². The number of carboxylic acid groups (broad SMARTS) is 1. The lowest BCUT2D eigenvalue weighted by atomic mass is 10.1. The summed E-state index contributed by atoms with van der Waals surface area (Å²) in [5.74, 6) is 0.615. The van der Waals surface area contributed by atoms with E-state index in [1.165, 1.54) is 6.07 Å². The second-order valence-corrected chi connectivity index (χ2v) is 6.02. The van der Waals surface area contributed by atoms with Crippen LogP contribution >= 0.6 is 27.7 Å². The summed E-state index contributed by atoms with van der Waals surface area (Å²) in [7, 11) is 0. The third-order valence-corrected chi connectivity index (χ3v) is 4.62. The van der Waals surface area contributed by atoms with Gasteiger partial charge in [-0.2, -0.15) is 11.8 Å². The van der Waals surface area contributed by atoms with E-state index < -0.39 is 5.97 Å². The standard InChI is InChI=1S/C12H12BrNO3S/c13-9-3-1-2-8(12(16)17)10(9)14-11(15)7-4-5-18-6-7/h1-3,7H,4-6H2,(H,14,15)(H,16,17). The van der Waals surface area contributed by atoms with Crippen molar-refractivity contribution in [2.24, 2.45) is 5.92 Å². The normalized spacial score (nSPS) is 18.6. The highest BCUT2D eigenvalue weighted by molar-refractivity contribution is 9.10. The summed E-state index contributed by atoms with van der Waals surface area (Å²) in [5.41, 5.74) is 0.440. The summed E-state index contributed by atoms with van der Waals surface area (Å²) in [6.45, 7) is 0. The van der Waals surface area contributed by atoms with Crippen molar-refractivity contribution in [2.45, 2.75) is 6.42 Å². The number of benzene rings is 1. The first-order valence-electron chi connectivity index (χ1n) is 5.50. The van der Waals surface area contributed by atoms with Gasteiger partial charge < -0.3 is 10.4 Å². The number of aromatic carboxylic acids is 1. The molecule has 1 aliphatic rings. The van der Waals surface area contributed by atoms with Gasteiger partial charge in [0.05, 0.1) is 11.3 Å². The van der Waals surface area contributed by atoms with Gasteiger partial charge in [-0.15, -0.1) is 0 Å². The SMILES string of the molecule is O=C(O)c1cccc(Br)c1NC(=O)C1CCSC1. The van der Waals surface area contributed by atoms with Crippen LogP contribution in [0.15, 0.2) is 22.7 Å². The van der Waals surface area contributed by atoms with Gasteiger partial charge in [-0.25, -0.2) is 4.79 Å². The number of hydrogen-bond donors (Lipinski definition) is 2. The third-order valence-electron chi connectivity index (χ3n) is 2.79. The maximum Gasteiger partial charge on any atom is 0.337 e. The predicted octanol–water partition coefficient (Wildman–Crippen LogP) is 2.84. The van der Waals surface area contributed by atoms with Gasteiger partial charge in [0.25, 0.3) is 0 Å². The predicted molar refractivity (Wildman–Crippen MR) is 75.2 cm³/mol. The van der Waals surface area contributed by atoms with E-state index in [2.05, 4.69) is 21.2 Å². The number of anilines is 1. The van der Waals surface area contributed by atoms with Gasteiger partial charge in [-0.05, 0) is 40.2 Å². The Morgan fingerprint density at radius 2 is 2.22 bits per heavy atom. The maximum atomic E-state index is 12.0. The van der Waals surface area contributed by atoms with Gasteiger partial charge in [0, 0.05) is 16.1 Å². The van der Waals surface area contributed by atoms with Crippen LogP contribution in [0.3, 0.4) is 0 Å². The molecule has 1 aromatic rings. The lowest BCUT2D eigenvalue weighted by Gasteiger charge is -2.13. The molecule has 6 heteroatoms. The highest BCUT2D eigenvalue weighted by Gasteiger charge is 2.25. The highest BCUT2D eigenvalue weighted by atomic mass is 79.9. The molecular formula is C12H12BrNO3S. The van der Waals surface area contributed by atoms with Gasteiger partial charge in [-0.1, -0.05) is 6.07 Å². The average Bonchev–Trinajstić information content (AvgIpc) is 2.85. The molecule has 1 fully saturated rings. The summed E-state index contributed by atoms with van der Waals surface area (Å²) >= 11 is 5.02. The topological polar surface area (TPSA) is 66.4 Å². The van der Waals surface area contributed by atoms with E-state index in [0.29, 0.717) is 10.2 Å². The van der Waals surface area contributed by atoms with Crippen molar-refractivity contribution in [1.29, 1.82) is 0 Å². The fourth-order valence-electron chi connectivity index (χ4n) is 1.80. The van der Waals surface area contributed by atoms with Crippen molar-refractivity contribution in [3.8, 4) is 0 Å². The number of carboxylic acids is 1. The number of para-hydroxylation sites is 1. The Hall–Kier alpha value is -1.01. The maximum absolute atomic E-state index is 12.0. The lowest BCUT2D eigenvalue weighted by molar-refractivity contribution is -0.119. The van der Waals surface area contributed by atoms with Gasteiger partial charge in [-0.3, -0.25) is 4.79 Å². The van der Waals surface area contributed by atoms with Crippen molar-refractivity contribution in [1.82, 2.24) is 0 Å². The highest BCUT2D eigenvalue weighted by Crippen LogP contribution is 2.29. The summed E-state index contributed by atoms with van der Waals surface area (Å²) in [6, 6.07) is 4.83. The number of halogens is 1. The Balaban J connectivity index is 2.22. The zero-order chi connectivity index (χ0) is 13.1. The van der Waals surface area contributed by atoms with Crippen LogP contribution < -0.4 is 5.32 Å². The molecule has 0 saturated carbocycles. The molecule has 1 aromatic carbocycles. The molecule has 0 aromatic heterocycles. The summed E-state index contributed by atoms with van der Waals surface area (Å²) in [4.78, 5) is 23.1. The monoisotopic (exact) mass is 329 g/mol. The number of hydrogen-bond acceptors (Lipinski definition) is 3. The Morgan fingerprint density at radius 3 is 2.83 bits per heavy atom. The second-order valence-electron chi connectivity index (χ2n) is 4.02. The molecule has 96 valence electrons. The van der Waals surface area contributed by atoms with Gasteiger partial charge in [0.1, 0.15) is 0 Å². The van der Waals surface area contributed by atoms with Crippen LogP contribution in [0.1, 0.15) is 16.8 Å². The van der Waals surface area contributed by atoms with E-state index in [4.69, 9.17) is 5.11 Å². The molecule has 1 atom stereocenters. The third kappa shape index (κ3) is 2.87. The molecule has 0 bridgehead atoms. The number of thioether (sulfide) groups is 1. The number of carbonyl (C=O) groups excluding carboxylic acids is 1. The number of amides is 1. The molecule has 2 rings (SSSR count). The number of rotatable bonds is 3. The smallest absolute Gasteiger partial charge is 0.337 e. The van der Waals surface area contributed by atoms with Crippen LogP contribution in [-0.2, 0) is 4.79 Å². The molecule has 0 radical (unpaired) electrons. The second kappa shape index (κ2) is 5.75. The summed E-state index contributed by atoms with van der Waals surface area (Å²) in [6.07, 6.45) is 0.851. The average molecular weight is 330 g/mol. The minimum absolute atomic E-state index is 0.0243. The Kier molecular flexibility index (Phi) is 4.29. The van der Waals surface area contributed by atoms with E-state index in [1.807, 2.05) is 0 Å². The molecular weight excluding hydrogens is 318 g/mol. The van der Waals surface area contributed by atoms with E-state index >= 15 is 0 Å². The molecule has 0 spiro atoms. The minimum atomic E-state index is -1.05. The zero-order valence-electron chi connectivity index (χ0n) is 9.48. The fraction of sp³-hybridized carbons (Fsp3) is 0.333.